The summed E-state index contributed by atoms with van der Waals surface area (Å²) in [6.45, 7) is 6.11. The fourth-order valence-corrected chi connectivity index (χ4v) is 2.95. The molecule has 0 fully saturated rings. The lowest BCUT2D eigenvalue weighted by molar-refractivity contribution is -0.123. The van der Waals surface area contributed by atoms with Gasteiger partial charge < -0.3 is 15.7 Å². The number of carbonyl (C=O) groups is 4. The molecule has 2 amide bonds. The Balaban J connectivity index is 3.08. The van der Waals surface area contributed by atoms with Gasteiger partial charge in [0.2, 0.25) is 11.8 Å². The van der Waals surface area contributed by atoms with Gasteiger partial charge in [0, 0.05) is 23.5 Å². The summed E-state index contributed by atoms with van der Waals surface area (Å²) >= 11 is 0. The van der Waals surface area contributed by atoms with Crippen molar-refractivity contribution in [1.82, 2.24) is 0 Å². The molecule has 11 heteroatoms. The number of ketones is 1. The first-order valence-corrected chi connectivity index (χ1v) is 9.46. The van der Waals surface area contributed by atoms with Crippen molar-refractivity contribution in [3.05, 3.63) is 46.5 Å². The SMILES string of the molecule is CC(=O)Nc1ccc(C(=O)O)c(-c2c(F)c(F)c(F)c(NC(=O)C(C)(C)C)c2C(C)=O)c1F. The quantitative estimate of drug-likeness (QED) is 0.333. The highest BCUT2D eigenvalue weighted by Gasteiger charge is 2.34. The molecule has 2 aromatic carbocycles. The smallest absolute Gasteiger partial charge is 0.336 e. The van der Waals surface area contributed by atoms with Crippen LogP contribution in [0.3, 0.4) is 0 Å². The van der Waals surface area contributed by atoms with Gasteiger partial charge >= 0.3 is 5.97 Å². The van der Waals surface area contributed by atoms with Crippen molar-refractivity contribution in [2.45, 2.75) is 34.6 Å². The summed E-state index contributed by atoms with van der Waals surface area (Å²) in [5, 5.41) is 13.6. The van der Waals surface area contributed by atoms with Gasteiger partial charge in [-0.3, -0.25) is 14.4 Å². The van der Waals surface area contributed by atoms with Crippen LogP contribution < -0.4 is 10.6 Å². The van der Waals surface area contributed by atoms with E-state index < -0.39 is 85.9 Å². The molecule has 2 aromatic rings. The maximum atomic E-state index is 15.3. The largest absolute Gasteiger partial charge is 0.478 e. The highest BCUT2D eigenvalue weighted by Crippen LogP contribution is 2.41. The molecule has 0 aliphatic heterocycles. The van der Waals surface area contributed by atoms with Crippen LogP contribution in [0, 0.1) is 28.7 Å². The van der Waals surface area contributed by atoms with Crippen LogP contribution in [0.25, 0.3) is 11.1 Å². The Bertz CT molecular complexity index is 1200. The molecule has 176 valence electrons. The highest BCUT2D eigenvalue weighted by atomic mass is 19.2. The summed E-state index contributed by atoms with van der Waals surface area (Å²) in [4.78, 5) is 47.9. The van der Waals surface area contributed by atoms with E-state index >= 15 is 8.78 Å². The van der Waals surface area contributed by atoms with Crippen molar-refractivity contribution in [2.75, 3.05) is 10.6 Å². The van der Waals surface area contributed by atoms with Crippen LogP contribution in [0.5, 0.6) is 0 Å². The summed E-state index contributed by atoms with van der Waals surface area (Å²) in [6, 6.07) is 1.67. The van der Waals surface area contributed by atoms with Gasteiger partial charge in [-0.2, -0.15) is 0 Å². The second-order valence-corrected chi connectivity index (χ2v) is 8.16. The van der Waals surface area contributed by atoms with Crippen molar-refractivity contribution in [3.63, 3.8) is 0 Å². The Morgan fingerprint density at radius 1 is 0.818 bits per heavy atom. The van der Waals surface area contributed by atoms with E-state index in [1.807, 2.05) is 5.32 Å². The number of amides is 2. The molecule has 3 N–H and O–H groups in total. The number of nitrogens with one attached hydrogen (secondary N) is 2. The second-order valence-electron chi connectivity index (χ2n) is 8.16. The number of carboxylic acid groups (broad SMARTS) is 1. The fraction of sp³-hybridized carbons (Fsp3) is 0.273. The Morgan fingerprint density at radius 2 is 1.39 bits per heavy atom. The number of Topliss-reactive ketones (excluding diaryl/α,β-unsaturated/α-hetero) is 1. The lowest BCUT2D eigenvalue weighted by Crippen LogP contribution is -2.29. The van der Waals surface area contributed by atoms with E-state index in [0.29, 0.717) is 0 Å². The van der Waals surface area contributed by atoms with Gasteiger partial charge in [-0.15, -0.1) is 0 Å². The van der Waals surface area contributed by atoms with Crippen LogP contribution in [-0.2, 0) is 9.59 Å². The zero-order valence-corrected chi connectivity index (χ0v) is 18.2. The van der Waals surface area contributed by atoms with Crippen LogP contribution in [0.2, 0.25) is 0 Å². The molecule has 0 aromatic heterocycles. The maximum Gasteiger partial charge on any atom is 0.336 e. The van der Waals surface area contributed by atoms with Gasteiger partial charge in [-0.25, -0.2) is 22.4 Å². The molecule has 0 atom stereocenters. The first kappa shape index (κ1) is 25.5. The molecule has 33 heavy (non-hydrogen) atoms. The molecular formula is C22H20F4N2O5. The first-order chi connectivity index (χ1) is 15.1. The molecule has 0 spiro atoms. The molecule has 0 aliphatic carbocycles. The Morgan fingerprint density at radius 3 is 1.85 bits per heavy atom. The Hall–Kier alpha value is -3.76. The number of carboxylic acids is 1. The van der Waals surface area contributed by atoms with E-state index in [4.69, 9.17) is 0 Å². The third-order valence-corrected chi connectivity index (χ3v) is 4.53. The van der Waals surface area contributed by atoms with Crippen molar-refractivity contribution in [3.8, 4) is 11.1 Å². The van der Waals surface area contributed by atoms with E-state index in [0.717, 1.165) is 26.0 Å². The minimum atomic E-state index is -2.17. The van der Waals surface area contributed by atoms with Crippen molar-refractivity contribution < 1.29 is 41.8 Å². The molecule has 2 rings (SSSR count). The number of anilines is 2. The molecule has 0 bridgehead atoms. The topological polar surface area (TPSA) is 113 Å². The van der Waals surface area contributed by atoms with Gasteiger partial charge in [0.05, 0.1) is 22.5 Å². The number of carbonyl (C=O) groups excluding carboxylic acids is 3. The summed E-state index contributed by atoms with van der Waals surface area (Å²) < 4.78 is 59.6. The highest BCUT2D eigenvalue weighted by molar-refractivity contribution is 6.11. The van der Waals surface area contributed by atoms with Gasteiger partial charge in [0.25, 0.3) is 0 Å². The minimum absolute atomic E-state index is 0.596. The van der Waals surface area contributed by atoms with Crippen molar-refractivity contribution >= 4 is 34.9 Å². The number of benzene rings is 2. The third-order valence-electron chi connectivity index (χ3n) is 4.53. The molecular weight excluding hydrogens is 448 g/mol. The maximum absolute atomic E-state index is 15.3. The lowest BCUT2D eigenvalue weighted by Gasteiger charge is -2.22. The number of aromatic carboxylic acids is 1. The normalized spacial score (nSPS) is 11.2. The monoisotopic (exact) mass is 468 g/mol. The Kier molecular flexibility index (Phi) is 6.96. The zero-order chi connectivity index (χ0) is 25.4. The number of halogens is 4. The standard InChI is InChI=1S/C22H20F4N2O5/c1-8(29)12-14(13-10(20(31)32)6-7-11(15(13)23)27-9(2)30)16(24)17(25)18(26)19(12)28-21(33)22(3,4)5/h6-7H,1-5H3,(H,27,30)(H,28,33)(H,31,32). The second kappa shape index (κ2) is 9.00. The average molecular weight is 468 g/mol. The Labute approximate surface area is 185 Å². The number of hydrogen-bond donors (Lipinski definition) is 3. The molecule has 7 nitrogen and oxygen atoms in total. The molecule has 0 radical (unpaired) electrons. The van der Waals surface area contributed by atoms with Crippen LogP contribution in [0.1, 0.15) is 55.3 Å². The van der Waals surface area contributed by atoms with E-state index in [9.17, 15) is 33.1 Å². The number of hydrogen-bond acceptors (Lipinski definition) is 4. The third kappa shape index (κ3) is 4.86. The van der Waals surface area contributed by atoms with E-state index in [2.05, 4.69) is 5.32 Å². The predicted octanol–water partition coefficient (Wildman–Crippen LogP) is 4.75. The van der Waals surface area contributed by atoms with Crippen molar-refractivity contribution in [1.29, 1.82) is 0 Å². The lowest BCUT2D eigenvalue weighted by atomic mass is 9.89. The van der Waals surface area contributed by atoms with Crippen LogP contribution in [-0.4, -0.2) is 28.7 Å². The van der Waals surface area contributed by atoms with E-state index in [-0.39, 0.29) is 0 Å². The predicted molar refractivity (Wildman–Crippen MR) is 111 cm³/mol. The molecule has 0 aliphatic rings. The van der Waals surface area contributed by atoms with Crippen LogP contribution in [0.4, 0.5) is 28.9 Å². The van der Waals surface area contributed by atoms with Gasteiger partial charge in [-0.05, 0) is 19.1 Å². The van der Waals surface area contributed by atoms with Gasteiger partial charge in [0.1, 0.15) is 0 Å². The molecule has 0 unspecified atom stereocenters. The summed E-state index contributed by atoms with van der Waals surface area (Å²) in [5.41, 5.74) is -7.03. The molecule has 0 heterocycles. The zero-order valence-electron chi connectivity index (χ0n) is 18.2. The van der Waals surface area contributed by atoms with Gasteiger partial charge in [0.15, 0.2) is 29.1 Å². The van der Waals surface area contributed by atoms with Gasteiger partial charge in [-0.1, -0.05) is 20.8 Å². The number of rotatable bonds is 5. The minimum Gasteiger partial charge on any atom is -0.478 e. The van der Waals surface area contributed by atoms with E-state index in [1.165, 1.54) is 20.8 Å². The molecule has 0 saturated carbocycles. The summed E-state index contributed by atoms with van der Waals surface area (Å²) in [7, 11) is 0. The average Bonchev–Trinajstić information content (AvgIpc) is 2.68. The van der Waals surface area contributed by atoms with Crippen LogP contribution >= 0.6 is 0 Å². The van der Waals surface area contributed by atoms with Crippen LogP contribution in [0.15, 0.2) is 12.1 Å². The van der Waals surface area contributed by atoms with Crippen molar-refractivity contribution in [2.24, 2.45) is 5.41 Å². The summed E-state index contributed by atoms with van der Waals surface area (Å²) in [6.07, 6.45) is 0. The van der Waals surface area contributed by atoms with E-state index in [1.54, 1.807) is 0 Å². The fourth-order valence-electron chi connectivity index (χ4n) is 2.95. The summed E-state index contributed by atoms with van der Waals surface area (Å²) in [5.74, 6) is -12.2. The first-order valence-electron chi connectivity index (χ1n) is 9.46. The molecule has 0 saturated heterocycles.